The van der Waals surface area contributed by atoms with Crippen molar-refractivity contribution in [2.24, 2.45) is 35.0 Å². The van der Waals surface area contributed by atoms with Gasteiger partial charge in [-0.1, -0.05) is 64.2 Å². The van der Waals surface area contributed by atoms with Gasteiger partial charge in [-0.25, -0.2) is 0 Å². The number of unbranched alkanes of at least 4 members (excludes halogenated alkanes) is 3. The van der Waals surface area contributed by atoms with Crippen LogP contribution in [0.5, 0.6) is 0 Å². The number of hydrogen-bond acceptors (Lipinski definition) is 4. The second-order valence-corrected chi connectivity index (χ2v) is 15.4. The van der Waals surface area contributed by atoms with Crippen LogP contribution >= 0.6 is 0 Å². The Kier molecular flexibility index (Phi) is 8.55. The number of hydrogen-bond donors (Lipinski definition) is 2. The Bertz CT molecular complexity index is 1050. The Morgan fingerprint density at radius 1 is 1.17 bits per heavy atom. The summed E-state index contributed by atoms with van der Waals surface area (Å²) in [4.78, 5) is 15.1. The van der Waals surface area contributed by atoms with Gasteiger partial charge in [-0.2, -0.15) is 0 Å². The van der Waals surface area contributed by atoms with Crippen molar-refractivity contribution in [3.63, 3.8) is 0 Å². The molecule has 2 saturated heterocycles. The first-order valence-electron chi connectivity index (χ1n) is 17.4. The minimum absolute atomic E-state index is 0.126. The van der Waals surface area contributed by atoms with Crippen LogP contribution in [0.15, 0.2) is 22.8 Å². The number of carbonyl (C=O) groups is 1. The number of piperidine rings is 1. The maximum Gasteiger partial charge on any atom is 0.220 e. The molecule has 2 N–H and O–H groups in total. The topological polar surface area (TPSA) is 61.8 Å². The lowest BCUT2D eigenvalue weighted by Crippen LogP contribution is -2.54. The lowest BCUT2D eigenvalue weighted by atomic mass is 9.56. The van der Waals surface area contributed by atoms with Crippen LogP contribution in [0.1, 0.15) is 118 Å². The predicted molar refractivity (Wildman–Crippen MR) is 165 cm³/mol. The van der Waals surface area contributed by atoms with Gasteiger partial charge in [0.2, 0.25) is 5.91 Å². The van der Waals surface area contributed by atoms with Crippen LogP contribution in [0, 0.1) is 35.0 Å². The summed E-state index contributed by atoms with van der Waals surface area (Å²) >= 11 is 0. The lowest BCUT2D eigenvalue weighted by molar-refractivity contribution is -0.121. The molecule has 230 valence electrons. The molecule has 4 fully saturated rings. The summed E-state index contributed by atoms with van der Waals surface area (Å²) < 4.78 is 7.30. The third kappa shape index (κ3) is 5.18. The summed E-state index contributed by atoms with van der Waals surface area (Å²) in [5, 5.41) is 13.6. The van der Waals surface area contributed by atoms with Crippen LogP contribution in [0.2, 0.25) is 0 Å². The number of nitrogens with one attached hydrogen (secondary N) is 1. The highest BCUT2D eigenvalue weighted by atomic mass is 16.5. The van der Waals surface area contributed by atoms with E-state index in [4.69, 9.17) is 4.74 Å². The fourth-order valence-electron chi connectivity index (χ4n) is 10.9. The van der Waals surface area contributed by atoms with Crippen molar-refractivity contribution in [2.45, 2.75) is 142 Å². The molecule has 6 aliphatic rings. The number of rotatable bonds is 8. The van der Waals surface area contributed by atoms with Gasteiger partial charge in [-0.3, -0.25) is 9.69 Å². The van der Waals surface area contributed by atoms with Gasteiger partial charge in [0.25, 0.3) is 0 Å². The molecule has 6 rings (SSSR count). The summed E-state index contributed by atoms with van der Waals surface area (Å²) in [5.41, 5.74) is 5.02. The van der Waals surface area contributed by atoms with Gasteiger partial charge in [-0.05, 0) is 99.4 Å². The second kappa shape index (κ2) is 11.7. The summed E-state index contributed by atoms with van der Waals surface area (Å²) in [6, 6.07) is 0.439. The van der Waals surface area contributed by atoms with E-state index in [0.29, 0.717) is 36.3 Å². The number of aliphatic hydroxyl groups excluding tert-OH is 1. The van der Waals surface area contributed by atoms with Gasteiger partial charge in [0, 0.05) is 38.0 Å². The SMILES string of the molecule is CCCCCCC(=O)NCCN1C[C@@H](C)C[C@H]2O[C@]3(CC[C@@H]4C(=C3C)C[C@H]3[C@H]4CC=C4C[C@@H](O)CC[C@@]43C)[C@H](C)[C@@H]21. The zero-order valence-electron chi connectivity index (χ0n) is 26.7. The molecular weight excluding hydrogens is 508 g/mol. The zero-order valence-corrected chi connectivity index (χ0v) is 26.7. The molecule has 0 aromatic rings. The second-order valence-electron chi connectivity index (χ2n) is 15.4. The average Bonchev–Trinajstić information content (AvgIpc) is 3.46. The van der Waals surface area contributed by atoms with Gasteiger partial charge < -0.3 is 15.2 Å². The van der Waals surface area contributed by atoms with Crippen LogP contribution < -0.4 is 5.32 Å². The highest BCUT2D eigenvalue weighted by Gasteiger charge is 2.61. The molecule has 0 radical (unpaired) electrons. The Morgan fingerprint density at radius 2 is 2.00 bits per heavy atom. The van der Waals surface area contributed by atoms with E-state index in [0.717, 1.165) is 76.4 Å². The molecular formula is C36H58N2O3. The maximum absolute atomic E-state index is 12.5. The number of allylic oxidation sites excluding steroid dienone is 2. The van der Waals surface area contributed by atoms with Crippen molar-refractivity contribution in [3.8, 4) is 0 Å². The number of aliphatic hydroxyl groups is 1. The Hall–Kier alpha value is -1.17. The minimum Gasteiger partial charge on any atom is -0.393 e. The normalized spacial score (nSPS) is 43.8. The molecule has 2 saturated carbocycles. The van der Waals surface area contributed by atoms with E-state index < -0.39 is 0 Å². The smallest absolute Gasteiger partial charge is 0.220 e. The first-order chi connectivity index (χ1) is 19.7. The fraction of sp³-hybridized carbons (Fsp3) is 0.861. The number of fused-ring (bicyclic) bond motifs is 6. The molecule has 0 aromatic heterocycles. The minimum atomic E-state index is -0.140. The first-order valence-corrected chi connectivity index (χ1v) is 17.4. The maximum atomic E-state index is 12.5. The van der Waals surface area contributed by atoms with E-state index in [2.05, 4.69) is 50.9 Å². The van der Waals surface area contributed by atoms with E-state index in [-0.39, 0.29) is 23.0 Å². The Morgan fingerprint density at radius 3 is 2.80 bits per heavy atom. The average molecular weight is 567 g/mol. The van der Waals surface area contributed by atoms with Crippen LogP contribution in [0.25, 0.3) is 0 Å². The van der Waals surface area contributed by atoms with E-state index in [1.807, 2.05) is 0 Å². The third-order valence-corrected chi connectivity index (χ3v) is 13.1. The Balaban J connectivity index is 1.16. The summed E-state index contributed by atoms with van der Waals surface area (Å²) in [6.45, 7) is 14.8. The molecule has 0 unspecified atom stereocenters. The van der Waals surface area contributed by atoms with E-state index in [9.17, 15) is 9.90 Å². The molecule has 1 amide bonds. The van der Waals surface area contributed by atoms with E-state index in [1.54, 1.807) is 16.7 Å². The molecule has 41 heavy (non-hydrogen) atoms. The van der Waals surface area contributed by atoms with Gasteiger partial charge in [0.15, 0.2) is 0 Å². The summed E-state index contributed by atoms with van der Waals surface area (Å²) in [7, 11) is 0. The molecule has 1 spiro atoms. The quantitative estimate of drug-likeness (QED) is 0.251. The first kappa shape index (κ1) is 29.9. The highest BCUT2D eigenvalue weighted by molar-refractivity contribution is 5.75. The molecule has 5 nitrogen and oxygen atoms in total. The number of carbonyl (C=O) groups excluding carboxylic acids is 1. The van der Waals surface area contributed by atoms with Gasteiger partial charge in [0.1, 0.15) is 0 Å². The molecule has 2 heterocycles. The molecule has 0 aromatic carbocycles. The van der Waals surface area contributed by atoms with Crippen molar-refractivity contribution in [2.75, 3.05) is 19.6 Å². The zero-order chi connectivity index (χ0) is 28.9. The van der Waals surface area contributed by atoms with Crippen molar-refractivity contribution < 1.29 is 14.6 Å². The van der Waals surface area contributed by atoms with Crippen molar-refractivity contribution in [1.82, 2.24) is 10.2 Å². The summed E-state index contributed by atoms with van der Waals surface area (Å²) in [6.07, 6.45) is 17.0. The number of likely N-dealkylation sites (tertiary alicyclic amines) is 1. The van der Waals surface area contributed by atoms with Crippen LogP contribution in [-0.2, 0) is 9.53 Å². The molecule has 4 aliphatic carbocycles. The predicted octanol–water partition coefficient (Wildman–Crippen LogP) is 6.80. The number of amides is 1. The monoisotopic (exact) mass is 566 g/mol. The van der Waals surface area contributed by atoms with Gasteiger partial charge in [-0.15, -0.1) is 0 Å². The van der Waals surface area contributed by atoms with Crippen LogP contribution in [0.4, 0.5) is 0 Å². The van der Waals surface area contributed by atoms with Gasteiger partial charge in [0.05, 0.1) is 17.8 Å². The third-order valence-electron chi connectivity index (χ3n) is 13.1. The summed E-state index contributed by atoms with van der Waals surface area (Å²) in [5.74, 6) is 3.51. The van der Waals surface area contributed by atoms with Crippen molar-refractivity contribution in [1.29, 1.82) is 0 Å². The van der Waals surface area contributed by atoms with Crippen LogP contribution in [-0.4, -0.2) is 59.4 Å². The number of nitrogens with zero attached hydrogens (tertiary/aromatic N) is 1. The van der Waals surface area contributed by atoms with Crippen LogP contribution in [0.3, 0.4) is 0 Å². The molecule has 10 atom stereocenters. The van der Waals surface area contributed by atoms with Crippen molar-refractivity contribution >= 4 is 5.91 Å². The largest absolute Gasteiger partial charge is 0.393 e. The molecule has 2 aliphatic heterocycles. The molecule has 0 bridgehead atoms. The standard InChI is InChI=1S/C36H58N2O3/c1-6-7-8-9-10-33(40)37-17-18-38-22-23(2)19-32-34(38)25(4)36(41-32)16-14-28-29-12-11-26-20-27(39)13-15-35(26,5)31(29)21-30(28)24(36)3/h11,23,25,27-29,31-32,34,39H,6-10,12-22H2,1-5H3,(H,37,40)/t23-,25+,27-,28-,29-,31-,32+,34-,35-,36-/m0/s1. The van der Waals surface area contributed by atoms with Crippen molar-refractivity contribution in [3.05, 3.63) is 22.8 Å². The van der Waals surface area contributed by atoms with E-state index in [1.165, 1.54) is 32.1 Å². The lowest BCUT2D eigenvalue weighted by Gasteiger charge is -2.49. The Labute approximate surface area is 249 Å². The van der Waals surface area contributed by atoms with E-state index >= 15 is 0 Å². The van der Waals surface area contributed by atoms with Gasteiger partial charge >= 0.3 is 0 Å². The molecule has 5 heteroatoms. The fourth-order valence-corrected chi connectivity index (χ4v) is 10.9. The highest BCUT2D eigenvalue weighted by Crippen LogP contribution is 2.65. The number of ether oxygens (including phenoxy) is 1.